The van der Waals surface area contributed by atoms with E-state index in [9.17, 15) is 14.3 Å². The monoisotopic (exact) mass is 578 g/mol. The summed E-state index contributed by atoms with van der Waals surface area (Å²) in [6, 6.07) is 15.2. The Kier molecular flexibility index (Phi) is 9.49. The van der Waals surface area contributed by atoms with Crippen molar-refractivity contribution in [1.29, 1.82) is 0 Å². The van der Waals surface area contributed by atoms with Crippen LogP contribution >= 0.6 is 11.8 Å². The van der Waals surface area contributed by atoms with Crippen LogP contribution in [0.25, 0.3) is 11.1 Å². The third kappa shape index (κ3) is 7.89. The first-order valence-electron chi connectivity index (χ1n) is 14.3. The topological polar surface area (TPSA) is 62.7 Å². The van der Waals surface area contributed by atoms with Crippen LogP contribution in [0.1, 0.15) is 81.6 Å². The molecule has 3 aromatic rings. The second-order valence-electron chi connectivity index (χ2n) is 12.8. The molecule has 0 radical (unpaired) electrons. The average molecular weight is 579 g/mol. The normalized spacial score (nSPS) is 16.0. The number of carboxylic acids is 1. The number of nitrogens with zero attached hydrogens (tertiary/aromatic N) is 2. The third-order valence-electron chi connectivity index (χ3n) is 7.66. The largest absolute Gasteiger partial charge is 0.479 e. The molecule has 1 aliphatic rings. The van der Waals surface area contributed by atoms with Gasteiger partial charge in [-0.3, -0.25) is 4.98 Å². The molecule has 0 aliphatic carbocycles. The van der Waals surface area contributed by atoms with Crippen LogP contribution in [0.2, 0.25) is 0 Å². The molecular formula is C34H43FN2O3S. The van der Waals surface area contributed by atoms with Crippen molar-refractivity contribution in [2.75, 3.05) is 18.0 Å². The average Bonchev–Trinajstić information content (AvgIpc) is 2.88. The van der Waals surface area contributed by atoms with Crippen LogP contribution in [-0.4, -0.2) is 34.8 Å². The number of aryl methyl sites for hydroxylation is 2. The van der Waals surface area contributed by atoms with E-state index in [0.717, 1.165) is 65.5 Å². The van der Waals surface area contributed by atoms with E-state index in [1.54, 1.807) is 11.8 Å². The molecule has 0 unspecified atom stereocenters. The van der Waals surface area contributed by atoms with E-state index in [2.05, 4.69) is 43.0 Å². The molecule has 41 heavy (non-hydrogen) atoms. The van der Waals surface area contributed by atoms with E-state index >= 15 is 0 Å². The highest BCUT2D eigenvalue weighted by Gasteiger charge is 2.36. The summed E-state index contributed by atoms with van der Waals surface area (Å²) in [5.74, 6) is 0.423. The maximum Gasteiger partial charge on any atom is 0.337 e. The fraction of sp³-hybridized carbons (Fsp3) is 0.471. The van der Waals surface area contributed by atoms with Crippen LogP contribution < -0.4 is 4.90 Å². The summed E-state index contributed by atoms with van der Waals surface area (Å²) in [6.45, 7) is 15.8. The molecule has 5 nitrogen and oxygen atoms in total. The minimum atomic E-state index is -1.13. The lowest BCUT2D eigenvalue weighted by atomic mass is 9.81. The van der Waals surface area contributed by atoms with E-state index in [1.807, 2.05) is 46.8 Å². The van der Waals surface area contributed by atoms with Crippen LogP contribution in [0.4, 0.5) is 10.1 Å². The second-order valence-corrected chi connectivity index (χ2v) is 13.8. The second kappa shape index (κ2) is 12.5. The van der Waals surface area contributed by atoms with Gasteiger partial charge in [-0.1, -0.05) is 50.2 Å². The van der Waals surface area contributed by atoms with E-state index in [0.29, 0.717) is 11.3 Å². The van der Waals surface area contributed by atoms with Crippen molar-refractivity contribution < 1.29 is 19.0 Å². The summed E-state index contributed by atoms with van der Waals surface area (Å²) in [4.78, 5) is 19.9. The molecule has 7 heteroatoms. The van der Waals surface area contributed by atoms with E-state index < -0.39 is 17.7 Å². The van der Waals surface area contributed by atoms with Crippen LogP contribution in [-0.2, 0) is 21.0 Å². The van der Waals surface area contributed by atoms with Crippen molar-refractivity contribution in [3.63, 3.8) is 0 Å². The van der Waals surface area contributed by atoms with E-state index in [-0.39, 0.29) is 11.2 Å². The summed E-state index contributed by atoms with van der Waals surface area (Å²) < 4.78 is 19.4. The first-order chi connectivity index (χ1) is 19.2. The zero-order valence-electron chi connectivity index (χ0n) is 25.4. The quantitative estimate of drug-likeness (QED) is 0.275. The Bertz CT molecular complexity index is 1350. The Hall–Kier alpha value is -2.90. The molecule has 220 valence electrons. The van der Waals surface area contributed by atoms with E-state index in [4.69, 9.17) is 9.72 Å². The maximum atomic E-state index is 13.2. The first kappa shape index (κ1) is 31.0. The van der Waals surface area contributed by atoms with Gasteiger partial charge in [0, 0.05) is 47.1 Å². The number of aliphatic carboxylic acids is 1. The van der Waals surface area contributed by atoms with Gasteiger partial charge in [0.05, 0.1) is 11.3 Å². The number of pyridine rings is 1. The van der Waals surface area contributed by atoms with Gasteiger partial charge in [-0.25, -0.2) is 9.18 Å². The molecule has 4 rings (SSSR count). The number of thioether (sulfide) groups is 1. The van der Waals surface area contributed by atoms with Gasteiger partial charge < -0.3 is 14.7 Å². The van der Waals surface area contributed by atoms with Crippen LogP contribution in [0.3, 0.4) is 0 Å². The Balaban J connectivity index is 1.71. The maximum absolute atomic E-state index is 13.2. The molecule has 1 atom stereocenters. The lowest BCUT2D eigenvalue weighted by molar-refractivity contribution is -0.160. The smallest absolute Gasteiger partial charge is 0.337 e. The zero-order chi connectivity index (χ0) is 29.9. The first-order valence-corrected chi connectivity index (χ1v) is 15.5. The molecule has 1 aliphatic heterocycles. The van der Waals surface area contributed by atoms with Crippen molar-refractivity contribution >= 4 is 23.4 Å². The molecule has 2 aromatic carbocycles. The standard InChI is InChI=1S/C34H43FN2O3S/c1-22-28(26-12-8-24(9-13-26)20-41-21-25-10-14-27(35)15-11-25)30(37-18-16-34(6,7)17-19-37)29(23(2)36-22)31(32(38)39)40-33(3,4)5/h8-15,31H,16-21H2,1-7H3,(H,38,39)/t31-/m0/s1. The number of benzene rings is 2. The SMILES string of the molecule is Cc1nc(C)c([C@H](OC(C)(C)C)C(=O)O)c(N2CCC(C)(C)CC2)c1-c1ccc(CSCc2ccc(F)cc2)cc1. The number of hydrogen-bond acceptors (Lipinski definition) is 5. The van der Waals surface area contributed by atoms with Gasteiger partial charge in [0.25, 0.3) is 0 Å². The summed E-state index contributed by atoms with van der Waals surface area (Å²) in [6.07, 6.45) is 0.914. The molecule has 0 spiro atoms. The molecule has 1 saturated heterocycles. The number of hydrogen-bond donors (Lipinski definition) is 1. The third-order valence-corrected chi connectivity index (χ3v) is 8.74. The lowest BCUT2D eigenvalue weighted by Gasteiger charge is -2.41. The number of anilines is 1. The highest BCUT2D eigenvalue weighted by molar-refractivity contribution is 7.97. The Morgan fingerprint density at radius 1 is 1.00 bits per heavy atom. The van der Waals surface area contributed by atoms with Crippen molar-refractivity contribution in [1.82, 2.24) is 4.98 Å². The molecule has 0 bridgehead atoms. The molecule has 0 amide bonds. The number of halogens is 1. The van der Waals surface area contributed by atoms with Crippen molar-refractivity contribution in [2.45, 2.75) is 84.5 Å². The highest BCUT2D eigenvalue weighted by Crippen LogP contribution is 2.45. The number of carbonyl (C=O) groups is 1. The Morgan fingerprint density at radius 2 is 1.54 bits per heavy atom. The van der Waals surface area contributed by atoms with Crippen molar-refractivity contribution in [3.05, 3.63) is 82.4 Å². The molecule has 2 heterocycles. The summed E-state index contributed by atoms with van der Waals surface area (Å²) >= 11 is 1.79. The number of carboxylic acid groups (broad SMARTS) is 1. The summed E-state index contributed by atoms with van der Waals surface area (Å²) in [5.41, 5.74) is 7.03. The fourth-order valence-corrected chi connectivity index (χ4v) is 6.35. The van der Waals surface area contributed by atoms with Gasteiger partial charge in [-0.2, -0.15) is 11.8 Å². The fourth-order valence-electron chi connectivity index (χ4n) is 5.39. The van der Waals surface area contributed by atoms with Gasteiger partial charge >= 0.3 is 5.97 Å². The number of rotatable bonds is 9. The highest BCUT2D eigenvalue weighted by atomic mass is 32.2. The minimum absolute atomic E-state index is 0.217. The number of aromatic nitrogens is 1. The summed E-state index contributed by atoms with van der Waals surface area (Å²) in [5, 5.41) is 10.4. The van der Waals surface area contributed by atoms with Gasteiger partial charge in [-0.05, 0) is 81.7 Å². The Labute approximate surface area is 248 Å². The molecule has 1 N–H and O–H groups in total. The lowest BCUT2D eigenvalue weighted by Crippen LogP contribution is -2.39. The van der Waals surface area contributed by atoms with Gasteiger partial charge in [-0.15, -0.1) is 0 Å². The van der Waals surface area contributed by atoms with Gasteiger partial charge in [0.1, 0.15) is 5.82 Å². The zero-order valence-corrected chi connectivity index (χ0v) is 26.2. The molecule has 1 fully saturated rings. The van der Waals surface area contributed by atoms with Gasteiger partial charge in [0.15, 0.2) is 6.10 Å². The van der Waals surface area contributed by atoms with Crippen molar-refractivity contribution in [3.8, 4) is 11.1 Å². The predicted octanol–water partition coefficient (Wildman–Crippen LogP) is 8.51. The molecule has 0 saturated carbocycles. The minimum Gasteiger partial charge on any atom is -0.479 e. The van der Waals surface area contributed by atoms with Crippen LogP contribution in [0, 0.1) is 25.1 Å². The van der Waals surface area contributed by atoms with Crippen LogP contribution in [0.5, 0.6) is 0 Å². The van der Waals surface area contributed by atoms with Crippen LogP contribution in [0.15, 0.2) is 48.5 Å². The molecule has 1 aromatic heterocycles. The number of ether oxygens (including phenoxy) is 1. The predicted molar refractivity (Wildman–Crippen MR) is 167 cm³/mol. The Morgan fingerprint density at radius 3 is 2.05 bits per heavy atom. The van der Waals surface area contributed by atoms with Crippen molar-refractivity contribution in [2.24, 2.45) is 5.41 Å². The molecular weight excluding hydrogens is 535 g/mol. The van der Waals surface area contributed by atoms with E-state index in [1.165, 1.54) is 17.7 Å². The van der Waals surface area contributed by atoms with Gasteiger partial charge in [0.2, 0.25) is 0 Å². The number of piperidine rings is 1. The summed E-state index contributed by atoms with van der Waals surface area (Å²) in [7, 11) is 0.